The summed E-state index contributed by atoms with van der Waals surface area (Å²) >= 11 is 3.40. The summed E-state index contributed by atoms with van der Waals surface area (Å²) in [7, 11) is 0. The molecule has 1 heterocycles. The van der Waals surface area contributed by atoms with Gasteiger partial charge in [-0.05, 0) is 76.1 Å². The van der Waals surface area contributed by atoms with Crippen LogP contribution < -0.4 is 10.1 Å². The minimum Gasteiger partial charge on any atom is -0.480 e. The zero-order valence-electron chi connectivity index (χ0n) is 14.0. The number of anilines is 1. The van der Waals surface area contributed by atoms with Crippen LogP contribution in [-0.2, 0) is 4.79 Å². The second-order valence-corrected chi connectivity index (χ2v) is 6.46. The van der Waals surface area contributed by atoms with E-state index in [1.165, 1.54) is 29.2 Å². The molecule has 1 atom stereocenters. The molecule has 1 N–H and O–H groups in total. The first-order valence-electron chi connectivity index (χ1n) is 7.70. The summed E-state index contributed by atoms with van der Waals surface area (Å²) in [6.45, 7) is 3.54. The lowest BCUT2D eigenvalue weighted by atomic mass is 10.2. The molecule has 0 aliphatic rings. The second-order valence-electron chi connectivity index (χ2n) is 5.60. The van der Waals surface area contributed by atoms with Crippen molar-refractivity contribution in [2.24, 2.45) is 0 Å². The first kappa shape index (κ1) is 18.0. The third-order valence-corrected chi connectivity index (χ3v) is 4.20. The van der Waals surface area contributed by atoms with Crippen LogP contribution in [0.2, 0.25) is 0 Å². The van der Waals surface area contributed by atoms with E-state index in [1.807, 2.05) is 19.1 Å². The van der Waals surface area contributed by atoms with Crippen molar-refractivity contribution in [1.82, 2.24) is 20.2 Å². The van der Waals surface area contributed by atoms with Crippen molar-refractivity contribution in [3.8, 4) is 11.4 Å². The van der Waals surface area contributed by atoms with Crippen molar-refractivity contribution in [2.45, 2.75) is 20.0 Å². The fourth-order valence-electron chi connectivity index (χ4n) is 2.21. The average molecular weight is 420 g/mol. The van der Waals surface area contributed by atoms with E-state index in [0.717, 1.165) is 10.0 Å². The monoisotopic (exact) mass is 419 g/mol. The number of nitrogens with zero attached hydrogens (tertiary/aromatic N) is 4. The number of halogens is 2. The normalized spacial score (nSPS) is 11.8. The molecular formula is C17H15BrFN5O2. The maximum atomic E-state index is 14.0. The molecule has 3 aromatic rings. The maximum Gasteiger partial charge on any atom is 0.265 e. The van der Waals surface area contributed by atoms with Gasteiger partial charge >= 0.3 is 0 Å². The molecule has 1 aromatic heterocycles. The quantitative estimate of drug-likeness (QED) is 0.685. The van der Waals surface area contributed by atoms with Crippen molar-refractivity contribution in [2.75, 3.05) is 5.32 Å². The average Bonchev–Trinajstić information content (AvgIpc) is 3.13. The van der Waals surface area contributed by atoms with E-state index < -0.39 is 17.8 Å². The summed E-state index contributed by atoms with van der Waals surface area (Å²) in [5.74, 6) is -0.523. The molecule has 0 aliphatic heterocycles. The summed E-state index contributed by atoms with van der Waals surface area (Å²) in [6.07, 6.45) is 0.546. The number of rotatable bonds is 5. The highest BCUT2D eigenvalue weighted by molar-refractivity contribution is 9.10. The first-order chi connectivity index (χ1) is 12.4. The predicted octanol–water partition coefficient (Wildman–Crippen LogP) is 3.28. The zero-order valence-corrected chi connectivity index (χ0v) is 15.6. The molecule has 3 rings (SSSR count). The zero-order chi connectivity index (χ0) is 18.7. The van der Waals surface area contributed by atoms with Gasteiger partial charge in [0, 0.05) is 0 Å². The minimum absolute atomic E-state index is 0.0152. The van der Waals surface area contributed by atoms with Gasteiger partial charge in [0.25, 0.3) is 5.91 Å². The highest BCUT2D eigenvalue weighted by Gasteiger charge is 2.18. The molecule has 2 aromatic carbocycles. The largest absolute Gasteiger partial charge is 0.480 e. The Bertz CT molecular complexity index is 933. The molecule has 1 amide bonds. The van der Waals surface area contributed by atoms with E-state index in [1.54, 1.807) is 13.0 Å². The lowest BCUT2D eigenvalue weighted by molar-refractivity contribution is -0.122. The standard InChI is InChI=1S/C17H15BrFN5O2/c1-10-3-6-16(13(18)7-10)26-11(2)17(25)21-15-8-12(4-5-14(15)19)24-9-20-22-23-24/h3-9,11H,1-2H3,(H,21,25). The topological polar surface area (TPSA) is 81.9 Å². The molecule has 134 valence electrons. The molecule has 26 heavy (non-hydrogen) atoms. The Labute approximate surface area is 157 Å². The number of hydrogen-bond acceptors (Lipinski definition) is 5. The van der Waals surface area contributed by atoms with Gasteiger partial charge in [0.05, 0.1) is 15.8 Å². The van der Waals surface area contributed by atoms with Crippen molar-refractivity contribution < 1.29 is 13.9 Å². The van der Waals surface area contributed by atoms with Crippen LogP contribution in [0, 0.1) is 12.7 Å². The molecule has 0 aliphatic carbocycles. The van der Waals surface area contributed by atoms with E-state index in [-0.39, 0.29) is 5.69 Å². The van der Waals surface area contributed by atoms with Crippen molar-refractivity contribution in [3.63, 3.8) is 0 Å². The van der Waals surface area contributed by atoms with Crippen LogP contribution in [0.25, 0.3) is 5.69 Å². The second kappa shape index (κ2) is 7.61. The van der Waals surface area contributed by atoms with Gasteiger partial charge in [0.2, 0.25) is 0 Å². The summed E-state index contributed by atoms with van der Waals surface area (Å²) in [5, 5.41) is 13.3. The fraction of sp³-hybridized carbons (Fsp3) is 0.176. The van der Waals surface area contributed by atoms with E-state index in [9.17, 15) is 9.18 Å². The number of carbonyl (C=O) groups excluding carboxylic acids is 1. The lowest BCUT2D eigenvalue weighted by Gasteiger charge is -2.16. The van der Waals surface area contributed by atoms with Crippen LogP contribution in [0.3, 0.4) is 0 Å². The van der Waals surface area contributed by atoms with Gasteiger partial charge in [-0.3, -0.25) is 4.79 Å². The van der Waals surface area contributed by atoms with Gasteiger partial charge in [-0.1, -0.05) is 6.07 Å². The third kappa shape index (κ3) is 4.05. The van der Waals surface area contributed by atoms with E-state index >= 15 is 0 Å². The number of hydrogen-bond donors (Lipinski definition) is 1. The molecule has 1 unspecified atom stereocenters. The molecule has 7 nitrogen and oxygen atoms in total. The fourth-order valence-corrected chi connectivity index (χ4v) is 2.80. The number of amides is 1. The molecule has 0 fully saturated rings. The summed E-state index contributed by atoms with van der Waals surface area (Å²) in [5.41, 5.74) is 1.59. The number of aryl methyl sites for hydroxylation is 1. The Balaban J connectivity index is 1.73. The Morgan fingerprint density at radius 3 is 2.81 bits per heavy atom. The summed E-state index contributed by atoms with van der Waals surface area (Å²) < 4.78 is 21.8. The smallest absolute Gasteiger partial charge is 0.265 e. The van der Waals surface area contributed by atoms with Crippen LogP contribution in [-0.4, -0.2) is 32.2 Å². The highest BCUT2D eigenvalue weighted by atomic mass is 79.9. The molecule has 0 bridgehead atoms. The molecule has 0 saturated carbocycles. The van der Waals surface area contributed by atoms with Crippen LogP contribution in [0.4, 0.5) is 10.1 Å². The maximum absolute atomic E-state index is 14.0. The molecule has 0 spiro atoms. The molecule has 0 radical (unpaired) electrons. The Hall–Kier alpha value is -2.81. The van der Waals surface area contributed by atoms with Gasteiger partial charge in [-0.15, -0.1) is 5.10 Å². The SMILES string of the molecule is Cc1ccc(OC(C)C(=O)Nc2cc(-n3cnnn3)ccc2F)c(Br)c1. The molecular weight excluding hydrogens is 405 g/mol. The van der Waals surface area contributed by atoms with Gasteiger partial charge in [-0.2, -0.15) is 0 Å². The number of nitrogens with one attached hydrogen (secondary N) is 1. The van der Waals surface area contributed by atoms with E-state index in [0.29, 0.717) is 11.4 Å². The van der Waals surface area contributed by atoms with Gasteiger partial charge < -0.3 is 10.1 Å². The highest BCUT2D eigenvalue weighted by Crippen LogP contribution is 2.27. The number of aromatic nitrogens is 4. The number of benzene rings is 2. The predicted molar refractivity (Wildman–Crippen MR) is 96.7 cm³/mol. The van der Waals surface area contributed by atoms with Crippen molar-refractivity contribution in [1.29, 1.82) is 0 Å². The lowest BCUT2D eigenvalue weighted by Crippen LogP contribution is -2.30. The van der Waals surface area contributed by atoms with Gasteiger partial charge in [0.1, 0.15) is 17.9 Å². The minimum atomic E-state index is -0.829. The van der Waals surface area contributed by atoms with Crippen molar-refractivity contribution >= 4 is 27.5 Å². The Morgan fingerprint density at radius 1 is 1.31 bits per heavy atom. The van der Waals surface area contributed by atoms with Crippen LogP contribution >= 0.6 is 15.9 Å². The molecule has 0 saturated heterocycles. The third-order valence-electron chi connectivity index (χ3n) is 3.58. The van der Waals surface area contributed by atoms with Crippen LogP contribution in [0.15, 0.2) is 47.2 Å². The van der Waals surface area contributed by atoms with E-state index in [2.05, 4.69) is 36.8 Å². The van der Waals surface area contributed by atoms with E-state index in [4.69, 9.17) is 4.74 Å². The van der Waals surface area contributed by atoms with Crippen LogP contribution in [0.5, 0.6) is 5.75 Å². The number of ether oxygens (including phenoxy) is 1. The summed E-state index contributed by atoms with van der Waals surface area (Å²) in [4.78, 5) is 12.4. The molecule has 9 heteroatoms. The van der Waals surface area contributed by atoms with Crippen LogP contribution in [0.1, 0.15) is 12.5 Å². The first-order valence-corrected chi connectivity index (χ1v) is 8.50. The van der Waals surface area contributed by atoms with Gasteiger partial charge in [0.15, 0.2) is 6.10 Å². The Morgan fingerprint density at radius 2 is 2.12 bits per heavy atom. The number of carbonyl (C=O) groups is 1. The summed E-state index contributed by atoms with van der Waals surface area (Å²) in [6, 6.07) is 9.70. The Kier molecular flexibility index (Phi) is 5.27. The number of tetrazole rings is 1. The van der Waals surface area contributed by atoms with Gasteiger partial charge in [-0.25, -0.2) is 9.07 Å². The van der Waals surface area contributed by atoms with Crippen molar-refractivity contribution in [3.05, 3.63) is 58.6 Å².